The quantitative estimate of drug-likeness (QED) is 0.640. The van der Waals surface area contributed by atoms with Gasteiger partial charge in [0.1, 0.15) is 0 Å². The van der Waals surface area contributed by atoms with Gasteiger partial charge in [-0.2, -0.15) is 0 Å². The minimum Gasteiger partial charge on any atom is -0.396 e. The summed E-state index contributed by atoms with van der Waals surface area (Å²) < 4.78 is 0. The third-order valence-electron chi connectivity index (χ3n) is 2.79. The van der Waals surface area contributed by atoms with Gasteiger partial charge in [-0.25, -0.2) is 0 Å². The highest BCUT2D eigenvalue weighted by molar-refractivity contribution is 6.35. The second-order valence-corrected chi connectivity index (χ2v) is 5.19. The average molecular weight is 287 g/mol. The number of hydrogen-bond acceptors (Lipinski definition) is 1. The zero-order valence-corrected chi connectivity index (χ0v) is 12.1. The third kappa shape index (κ3) is 6.44. The molecular formula is C15H20Cl2O. The van der Waals surface area contributed by atoms with Crippen LogP contribution in [-0.4, -0.2) is 11.7 Å². The standard InChI is InChI=1S/C15H20Cl2O/c16-14-10-9-13(15(17)12-14)8-6-4-2-1-3-5-7-11-18/h6,8-10,12,18H,1-5,7,11H2/b8-6+. The molecule has 1 rings (SSSR count). The molecule has 0 amide bonds. The molecule has 1 aromatic carbocycles. The molecule has 0 aromatic heterocycles. The molecule has 100 valence electrons. The highest BCUT2D eigenvalue weighted by atomic mass is 35.5. The van der Waals surface area contributed by atoms with Gasteiger partial charge in [0.25, 0.3) is 0 Å². The van der Waals surface area contributed by atoms with Crippen molar-refractivity contribution in [3.8, 4) is 0 Å². The van der Waals surface area contributed by atoms with E-state index >= 15 is 0 Å². The van der Waals surface area contributed by atoms with Crippen LogP contribution >= 0.6 is 23.2 Å². The first kappa shape index (κ1) is 15.6. The zero-order chi connectivity index (χ0) is 13.2. The predicted molar refractivity (Wildman–Crippen MR) is 80.3 cm³/mol. The number of unbranched alkanes of at least 4 members (excludes halogenated alkanes) is 5. The van der Waals surface area contributed by atoms with Gasteiger partial charge in [-0.3, -0.25) is 0 Å². The molecule has 0 saturated heterocycles. The van der Waals surface area contributed by atoms with Crippen LogP contribution in [0.2, 0.25) is 10.0 Å². The molecule has 1 nitrogen and oxygen atoms in total. The summed E-state index contributed by atoms with van der Waals surface area (Å²) in [4.78, 5) is 0. The van der Waals surface area contributed by atoms with E-state index in [0.29, 0.717) is 16.7 Å². The first-order chi connectivity index (χ1) is 8.74. The molecular weight excluding hydrogens is 267 g/mol. The van der Waals surface area contributed by atoms with Crippen molar-refractivity contribution in [3.63, 3.8) is 0 Å². The van der Waals surface area contributed by atoms with Crippen LogP contribution in [0.25, 0.3) is 6.08 Å². The van der Waals surface area contributed by atoms with Gasteiger partial charge >= 0.3 is 0 Å². The van der Waals surface area contributed by atoms with Crippen molar-refractivity contribution in [2.75, 3.05) is 6.61 Å². The maximum Gasteiger partial charge on any atom is 0.0493 e. The topological polar surface area (TPSA) is 20.2 Å². The summed E-state index contributed by atoms with van der Waals surface area (Å²) in [6, 6.07) is 5.54. The minimum absolute atomic E-state index is 0.314. The zero-order valence-electron chi connectivity index (χ0n) is 10.5. The van der Waals surface area contributed by atoms with Gasteiger partial charge in [0.05, 0.1) is 0 Å². The highest BCUT2D eigenvalue weighted by Gasteiger charge is 1.96. The average Bonchev–Trinajstić information content (AvgIpc) is 2.35. The Kier molecular flexibility index (Phi) is 8.15. The highest BCUT2D eigenvalue weighted by Crippen LogP contribution is 2.22. The van der Waals surface area contributed by atoms with E-state index in [4.69, 9.17) is 28.3 Å². The first-order valence-corrected chi connectivity index (χ1v) is 7.22. The largest absolute Gasteiger partial charge is 0.396 e. The van der Waals surface area contributed by atoms with E-state index in [2.05, 4.69) is 6.08 Å². The van der Waals surface area contributed by atoms with Crippen LogP contribution in [0.15, 0.2) is 24.3 Å². The van der Waals surface area contributed by atoms with E-state index in [1.54, 1.807) is 6.07 Å². The molecule has 0 unspecified atom stereocenters. The molecule has 0 aliphatic rings. The number of hydrogen-bond donors (Lipinski definition) is 1. The lowest BCUT2D eigenvalue weighted by Crippen LogP contribution is -1.83. The van der Waals surface area contributed by atoms with Crippen molar-refractivity contribution in [2.24, 2.45) is 0 Å². The monoisotopic (exact) mass is 286 g/mol. The molecule has 0 bridgehead atoms. The van der Waals surface area contributed by atoms with Crippen molar-refractivity contribution in [1.82, 2.24) is 0 Å². The Labute approximate surface area is 119 Å². The van der Waals surface area contributed by atoms with Gasteiger partial charge in [0.2, 0.25) is 0 Å². The maximum absolute atomic E-state index is 8.65. The molecule has 0 atom stereocenters. The summed E-state index contributed by atoms with van der Waals surface area (Å²) in [7, 11) is 0. The number of aliphatic hydroxyl groups excluding tert-OH is 1. The number of rotatable bonds is 8. The van der Waals surface area contributed by atoms with Crippen molar-refractivity contribution < 1.29 is 5.11 Å². The molecule has 0 aliphatic heterocycles. The lowest BCUT2D eigenvalue weighted by molar-refractivity contribution is 0.282. The molecule has 0 aliphatic carbocycles. The summed E-state index contributed by atoms with van der Waals surface area (Å²) >= 11 is 11.9. The van der Waals surface area contributed by atoms with Crippen molar-refractivity contribution in [1.29, 1.82) is 0 Å². The fourth-order valence-corrected chi connectivity index (χ4v) is 2.22. The Morgan fingerprint density at radius 2 is 1.72 bits per heavy atom. The molecule has 0 fully saturated rings. The lowest BCUT2D eigenvalue weighted by Gasteiger charge is -1.99. The number of halogens is 2. The first-order valence-electron chi connectivity index (χ1n) is 6.46. The SMILES string of the molecule is OCCCCCCC/C=C/c1ccc(Cl)cc1Cl. The van der Waals surface area contributed by atoms with Gasteiger partial charge in [0, 0.05) is 16.7 Å². The Morgan fingerprint density at radius 3 is 2.44 bits per heavy atom. The van der Waals surface area contributed by atoms with Gasteiger partial charge in [-0.05, 0) is 37.0 Å². The van der Waals surface area contributed by atoms with Crippen LogP contribution in [0, 0.1) is 0 Å². The van der Waals surface area contributed by atoms with Crippen LogP contribution in [0.1, 0.15) is 44.1 Å². The van der Waals surface area contributed by atoms with Crippen LogP contribution in [0.4, 0.5) is 0 Å². The van der Waals surface area contributed by atoms with E-state index in [9.17, 15) is 0 Å². The Bertz CT molecular complexity index is 375. The summed E-state index contributed by atoms with van der Waals surface area (Å²) in [5.74, 6) is 0. The van der Waals surface area contributed by atoms with Gasteiger partial charge in [-0.15, -0.1) is 0 Å². The summed E-state index contributed by atoms with van der Waals surface area (Å²) in [6.07, 6.45) is 10.9. The Morgan fingerprint density at radius 1 is 1.00 bits per heavy atom. The van der Waals surface area contributed by atoms with Crippen LogP contribution < -0.4 is 0 Å². The summed E-state index contributed by atoms with van der Waals surface area (Å²) in [5, 5.41) is 10.0. The van der Waals surface area contributed by atoms with E-state index < -0.39 is 0 Å². The second kappa shape index (κ2) is 9.43. The molecule has 0 saturated carbocycles. The third-order valence-corrected chi connectivity index (χ3v) is 3.35. The van der Waals surface area contributed by atoms with Crippen molar-refractivity contribution >= 4 is 29.3 Å². The molecule has 3 heteroatoms. The molecule has 1 aromatic rings. The number of allylic oxidation sites excluding steroid dienone is 1. The Balaban J connectivity index is 2.20. The molecule has 0 spiro atoms. The van der Waals surface area contributed by atoms with E-state index in [1.807, 2.05) is 18.2 Å². The van der Waals surface area contributed by atoms with Gasteiger partial charge < -0.3 is 5.11 Å². The predicted octanol–water partition coefficient (Wildman–Crippen LogP) is 5.34. The molecule has 1 N–H and O–H groups in total. The number of aliphatic hydroxyl groups is 1. The van der Waals surface area contributed by atoms with Crippen LogP contribution in [0.5, 0.6) is 0 Å². The maximum atomic E-state index is 8.65. The van der Waals surface area contributed by atoms with Gasteiger partial charge in [0.15, 0.2) is 0 Å². The fraction of sp³-hybridized carbons (Fsp3) is 0.467. The van der Waals surface area contributed by atoms with Crippen molar-refractivity contribution in [2.45, 2.75) is 38.5 Å². The minimum atomic E-state index is 0.314. The second-order valence-electron chi connectivity index (χ2n) is 4.35. The van der Waals surface area contributed by atoms with E-state index in [-0.39, 0.29) is 0 Å². The molecule has 0 heterocycles. The normalized spacial score (nSPS) is 11.3. The fourth-order valence-electron chi connectivity index (χ4n) is 1.75. The molecule has 18 heavy (non-hydrogen) atoms. The van der Waals surface area contributed by atoms with Crippen LogP contribution in [-0.2, 0) is 0 Å². The Hall–Kier alpha value is -0.500. The van der Waals surface area contributed by atoms with Crippen molar-refractivity contribution in [3.05, 3.63) is 39.9 Å². The van der Waals surface area contributed by atoms with Gasteiger partial charge in [-0.1, -0.05) is 60.7 Å². The number of benzene rings is 1. The van der Waals surface area contributed by atoms with E-state index in [0.717, 1.165) is 24.8 Å². The molecule has 0 radical (unpaired) electrons. The summed E-state index contributed by atoms with van der Waals surface area (Å²) in [6.45, 7) is 0.314. The smallest absolute Gasteiger partial charge is 0.0493 e. The summed E-state index contributed by atoms with van der Waals surface area (Å²) in [5.41, 5.74) is 1.02. The lowest BCUT2D eigenvalue weighted by atomic mass is 10.1. The van der Waals surface area contributed by atoms with Crippen LogP contribution in [0.3, 0.4) is 0 Å². The van der Waals surface area contributed by atoms with E-state index in [1.165, 1.54) is 19.3 Å².